The topological polar surface area (TPSA) is 36.4 Å². The number of benzene rings is 1. The zero-order valence-corrected chi connectivity index (χ0v) is 11.5. The molecule has 1 aliphatic carbocycles. The molecule has 4 heteroatoms. The SMILES string of the molecule is Cc1ccc(NC(=S)NN=C2CCCCC2)cc1. The second-order valence-corrected chi connectivity index (χ2v) is 5.08. The lowest BCUT2D eigenvalue weighted by atomic mass is 9.99. The highest BCUT2D eigenvalue weighted by Crippen LogP contribution is 2.14. The fourth-order valence-corrected chi connectivity index (χ4v) is 2.16. The second kappa shape index (κ2) is 6.50. The quantitative estimate of drug-likeness (QED) is 0.631. The van der Waals surface area contributed by atoms with Crippen LogP contribution in [0.1, 0.15) is 37.7 Å². The predicted molar refractivity (Wildman–Crippen MR) is 81.1 cm³/mol. The Bertz CT molecular complexity index is 429. The van der Waals surface area contributed by atoms with Gasteiger partial charge in [-0.15, -0.1) is 0 Å². The molecule has 96 valence electrons. The van der Waals surface area contributed by atoms with E-state index in [9.17, 15) is 0 Å². The number of hydrazone groups is 1. The Morgan fingerprint density at radius 1 is 1.11 bits per heavy atom. The lowest BCUT2D eigenvalue weighted by Gasteiger charge is -2.13. The summed E-state index contributed by atoms with van der Waals surface area (Å²) >= 11 is 5.21. The Labute approximate surface area is 114 Å². The van der Waals surface area contributed by atoms with Gasteiger partial charge in [0.25, 0.3) is 0 Å². The standard InChI is InChI=1S/C14H19N3S/c1-11-7-9-12(10-8-11)15-14(18)17-16-13-5-3-2-4-6-13/h7-10H,2-6H2,1H3,(H2,15,17,18). The Kier molecular flexibility index (Phi) is 4.70. The molecule has 0 amide bonds. The van der Waals surface area contributed by atoms with E-state index in [4.69, 9.17) is 12.2 Å². The molecule has 1 aromatic carbocycles. The molecule has 0 aliphatic heterocycles. The van der Waals surface area contributed by atoms with E-state index in [1.165, 1.54) is 30.5 Å². The van der Waals surface area contributed by atoms with Crippen LogP contribution < -0.4 is 10.7 Å². The summed E-state index contributed by atoms with van der Waals surface area (Å²) in [6, 6.07) is 8.13. The van der Waals surface area contributed by atoms with Crippen molar-refractivity contribution in [2.75, 3.05) is 5.32 Å². The van der Waals surface area contributed by atoms with Crippen LogP contribution in [0.3, 0.4) is 0 Å². The van der Waals surface area contributed by atoms with E-state index in [1.807, 2.05) is 12.1 Å². The maximum atomic E-state index is 5.21. The first-order chi connectivity index (χ1) is 8.74. The van der Waals surface area contributed by atoms with Crippen molar-refractivity contribution in [3.05, 3.63) is 29.8 Å². The summed E-state index contributed by atoms with van der Waals surface area (Å²) in [6.45, 7) is 2.06. The monoisotopic (exact) mass is 261 g/mol. The summed E-state index contributed by atoms with van der Waals surface area (Å²) in [5, 5.41) is 8.03. The van der Waals surface area contributed by atoms with Crippen LogP contribution in [0.2, 0.25) is 0 Å². The van der Waals surface area contributed by atoms with Crippen LogP contribution in [-0.4, -0.2) is 10.8 Å². The molecule has 2 rings (SSSR count). The highest BCUT2D eigenvalue weighted by Gasteiger charge is 2.06. The first kappa shape index (κ1) is 13.0. The highest BCUT2D eigenvalue weighted by atomic mass is 32.1. The van der Waals surface area contributed by atoms with E-state index in [2.05, 4.69) is 34.9 Å². The summed E-state index contributed by atoms with van der Waals surface area (Å²) in [5.41, 5.74) is 6.38. The van der Waals surface area contributed by atoms with Gasteiger partial charge >= 0.3 is 0 Å². The van der Waals surface area contributed by atoms with Gasteiger partial charge in [-0.3, -0.25) is 5.43 Å². The van der Waals surface area contributed by atoms with Crippen LogP contribution in [0.5, 0.6) is 0 Å². The lowest BCUT2D eigenvalue weighted by molar-refractivity contribution is 0.661. The van der Waals surface area contributed by atoms with Gasteiger partial charge in [0.05, 0.1) is 0 Å². The average Bonchev–Trinajstić information content (AvgIpc) is 2.40. The van der Waals surface area contributed by atoms with Crippen molar-refractivity contribution in [1.82, 2.24) is 5.43 Å². The van der Waals surface area contributed by atoms with E-state index >= 15 is 0 Å². The molecular formula is C14H19N3S. The first-order valence-corrected chi connectivity index (χ1v) is 6.84. The van der Waals surface area contributed by atoms with Crippen molar-refractivity contribution in [3.63, 3.8) is 0 Å². The van der Waals surface area contributed by atoms with Crippen molar-refractivity contribution in [2.45, 2.75) is 39.0 Å². The molecule has 0 spiro atoms. The number of rotatable bonds is 2. The van der Waals surface area contributed by atoms with Gasteiger partial charge < -0.3 is 5.32 Å². The van der Waals surface area contributed by atoms with E-state index < -0.39 is 0 Å². The molecule has 0 aromatic heterocycles. The van der Waals surface area contributed by atoms with E-state index in [-0.39, 0.29) is 0 Å². The number of aryl methyl sites for hydroxylation is 1. The molecule has 1 aromatic rings. The van der Waals surface area contributed by atoms with Crippen LogP contribution in [0, 0.1) is 6.92 Å². The summed E-state index contributed by atoms with van der Waals surface area (Å²) < 4.78 is 0. The van der Waals surface area contributed by atoms with Gasteiger partial charge in [0.2, 0.25) is 0 Å². The maximum Gasteiger partial charge on any atom is 0.191 e. The van der Waals surface area contributed by atoms with Crippen LogP contribution in [-0.2, 0) is 0 Å². The van der Waals surface area contributed by atoms with Crippen LogP contribution in [0.25, 0.3) is 0 Å². The van der Waals surface area contributed by atoms with E-state index in [0.717, 1.165) is 18.5 Å². The van der Waals surface area contributed by atoms with Crippen molar-refractivity contribution < 1.29 is 0 Å². The summed E-state index contributed by atoms with van der Waals surface area (Å²) in [6.07, 6.45) is 6.02. The average molecular weight is 261 g/mol. The third-order valence-electron chi connectivity index (χ3n) is 3.06. The van der Waals surface area contributed by atoms with Crippen molar-refractivity contribution in [1.29, 1.82) is 0 Å². The molecule has 2 N–H and O–H groups in total. The number of nitrogens with one attached hydrogen (secondary N) is 2. The Balaban J connectivity index is 1.83. The molecule has 0 bridgehead atoms. The van der Waals surface area contributed by atoms with Gasteiger partial charge in [-0.1, -0.05) is 24.1 Å². The molecule has 0 saturated heterocycles. The minimum absolute atomic E-state index is 0.553. The number of nitrogens with zero attached hydrogens (tertiary/aromatic N) is 1. The smallest absolute Gasteiger partial charge is 0.191 e. The third kappa shape index (κ3) is 4.11. The van der Waals surface area contributed by atoms with Crippen LogP contribution >= 0.6 is 12.2 Å². The van der Waals surface area contributed by atoms with Crippen molar-refractivity contribution >= 4 is 28.7 Å². The molecule has 1 fully saturated rings. The zero-order valence-electron chi connectivity index (χ0n) is 10.7. The molecule has 1 saturated carbocycles. The largest absolute Gasteiger partial charge is 0.331 e. The van der Waals surface area contributed by atoms with Crippen LogP contribution in [0.15, 0.2) is 29.4 Å². The number of thiocarbonyl (C=S) groups is 1. The molecule has 0 atom stereocenters. The molecule has 0 unspecified atom stereocenters. The number of hydrogen-bond acceptors (Lipinski definition) is 2. The molecule has 1 aliphatic rings. The van der Waals surface area contributed by atoms with Gasteiger partial charge in [0, 0.05) is 11.4 Å². The van der Waals surface area contributed by atoms with Gasteiger partial charge in [-0.05, 0) is 57.0 Å². The molecule has 18 heavy (non-hydrogen) atoms. The first-order valence-electron chi connectivity index (χ1n) is 6.43. The molecular weight excluding hydrogens is 242 g/mol. The Hall–Kier alpha value is -1.42. The van der Waals surface area contributed by atoms with Crippen molar-refractivity contribution in [2.24, 2.45) is 5.10 Å². The normalized spacial score (nSPS) is 15.1. The van der Waals surface area contributed by atoms with Gasteiger partial charge in [0.1, 0.15) is 0 Å². The lowest BCUT2D eigenvalue weighted by Crippen LogP contribution is -2.25. The van der Waals surface area contributed by atoms with E-state index in [1.54, 1.807) is 0 Å². The minimum atomic E-state index is 0.553. The Morgan fingerprint density at radius 2 is 1.78 bits per heavy atom. The summed E-state index contributed by atoms with van der Waals surface area (Å²) in [7, 11) is 0. The Morgan fingerprint density at radius 3 is 2.44 bits per heavy atom. The maximum absolute atomic E-state index is 5.21. The molecule has 0 radical (unpaired) electrons. The summed E-state index contributed by atoms with van der Waals surface area (Å²) in [5.74, 6) is 0. The highest BCUT2D eigenvalue weighted by molar-refractivity contribution is 7.80. The fourth-order valence-electron chi connectivity index (χ4n) is 2.00. The third-order valence-corrected chi connectivity index (χ3v) is 3.25. The number of anilines is 1. The van der Waals surface area contributed by atoms with Gasteiger partial charge in [0.15, 0.2) is 5.11 Å². The van der Waals surface area contributed by atoms with E-state index in [0.29, 0.717) is 5.11 Å². The number of hydrogen-bond donors (Lipinski definition) is 2. The molecule has 0 heterocycles. The predicted octanol–water partition coefficient (Wildman–Crippen LogP) is 3.60. The minimum Gasteiger partial charge on any atom is -0.331 e. The summed E-state index contributed by atoms with van der Waals surface area (Å²) in [4.78, 5) is 0. The molecule has 3 nitrogen and oxygen atoms in total. The second-order valence-electron chi connectivity index (χ2n) is 4.67. The van der Waals surface area contributed by atoms with Crippen molar-refractivity contribution in [3.8, 4) is 0 Å². The van der Waals surface area contributed by atoms with Gasteiger partial charge in [-0.2, -0.15) is 5.10 Å². The van der Waals surface area contributed by atoms with Crippen LogP contribution in [0.4, 0.5) is 5.69 Å². The fraction of sp³-hybridized carbons (Fsp3) is 0.429. The van der Waals surface area contributed by atoms with Gasteiger partial charge in [-0.25, -0.2) is 0 Å². The zero-order chi connectivity index (χ0) is 12.8.